The maximum Gasteiger partial charge on any atom is 0.257 e. The van der Waals surface area contributed by atoms with E-state index in [0.29, 0.717) is 17.9 Å². The summed E-state index contributed by atoms with van der Waals surface area (Å²) in [5, 5.41) is 2.65. The van der Waals surface area contributed by atoms with Gasteiger partial charge in [-0.15, -0.1) is 0 Å². The lowest BCUT2D eigenvalue weighted by Crippen LogP contribution is -2.28. The number of Topliss-reactive ketones (excluding diaryl/α,β-unsaturated/α-hetero) is 1. The fourth-order valence-corrected chi connectivity index (χ4v) is 1.42. The minimum Gasteiger partial charge on any atom is -0.484 e. The van der Waals surface area contributed by atoms with E-state index in [1.165, 1.54) is 6.92 Å². The van der Waals surface area contributed by atoms with Gasteiger partial charge in [0.25, 0.3) is 5.91 Å². The van der Waals surface area contributed by atoms with Crippen molar-refractivity contribution in [2.45, 2.75) is 20.8 Å². The highest BCUT2D eigenvalue weighted by Crippen LogP contribution is 2.19. The zero-order chi connectivity index (χ0) is 12.8. The van der Waals surface area contributed by atoms with Crippen LogP contribution in [0.5, 0.6) is 5.75 Å². The van der Waals surface area contributed by atoms with E-state index in [0.717, 1.165) is 5.56 Å². The highest BCUT2D eigenvalue weighted by molar-refractivity contribution is 5.94. The molecule has 0 saturated heterocycles. The first kappa shape index (κ1) is 13.2. The van der Waals surface area contributed by atoms with Crippen LogP contribution in [0.4, 0.5) is 0 Å². The summed E-state index contributed by atoms with van der Waals surface area (Å²) in [5.41, 5.74) is 1.50. The molecule has 0 aliphatic rings. The summed E-state index contributed by atoms with van der Waals surface area (Å²) in [4.78, 5) is 22.4. The van der Waals surface area contributed by atoms with Gasteiger partial charge in [0.1, 0.15) is 5.75 Å². The van der Waals surface area contributed by atoms with Crippen LogP contribution < -0.4 is 10.1 Å². The third-order valence-corrected chi connectivity index (χ3v) is 2.31. The van der Waals surface area contributed by atoms with Crippen molar-refractivity contribution < 1.29 is 14.3 Å². The van der Waals surface area contributed by atoms with Crippen molar-refractivity contribution >= 4 is 11.7 Å². The Balaban J connectivity index is 2.66. The lowest BCUT2D eigenvalue weighted by molar-refractivity contribution is -0.122. The van der Waals surface area contributed by atoms with E-state index in [-0.39, 0.29) is 18.3 Å². The minimum absolute atomic E-state index is 0.00586. The van der Waals surface area contributed by atoms with E-state index < -0.39 is 0 Å². The number of benzene rings is 1. The van der Waals surface area contributed by atoms with Crippen molar-refractivity contribution in [3.63, 3.8) is 0 Å². The van der Waals surface area contributed by atoms with E-state index >= 15 is 0 Å². The number of carbonyl (C=O) groups excluding carboxylic acids is 2. The quantitative estimate of drug-likeness (QED) is 0.790. The number of ether oxygens (including phenoxy) is 1. The smallest absolute Gasteiger partial charge is 0.257 e. The van der Waals surface area contributed by atoms with E-state index in [4.69, 9.17) is 4.74 Å². The van der Waals surface area contributed by atoms with Crippen LogP contribution in [0.2, 0.25) is 0 Å². The summed E-state index contributed by atoms with van der Waals surface area (Å²) in [5.74, 6) is 0.493. The number of hydrogen-bond donors (Lipinski definition) is 1. The Labute approximate surface area is 101 Å². The van der Waals surface area contributed by atoms with Gasteiger partial charge in [0.05, 0.1) is 0 Å². The van der Waals surface area contributed by atoms with Crippen molar-refractivity contribution in [3.05, 3.63) is 29.3 Å². The van der Waals surface area contributed by atoms with Crippen LogP contribution in [0.3, 0.4) is 0 Å². The van der Waals surface area contributed by atoms with Gasteiger partial charge in [-0.3, -0.25) is 9.59 Å². The predicted octanol–water partition coefficient (Wildman–Crippen LogP) is 1.71. The number of amides is 1. The number of ketones is 1. The van der Waals surface area contributed by atoms with Crippen molar-refractivity contribution in [1.82, 2.24) is 5.32 Å². The van der Waals surface area contributed by atoms with Crippen LogP contribution in [0.15, 0.2) is 18.2 Å². The van der Waals surface area contributed by atoms with Gasteiger partial charge in [0.2, 0.25) is 0 Å². The maximum atomic E-state index is 11.2. The average molecular weight is 235 g/mol. The third kappa shape index (κ3) is 3.90. The van der Waals surface area contributed by atoms with Crippen molar-refractivity contribution in [2.24, 2.45) is 0 Å². The summed E-state index contributed by atoms with van der Waals surface area (Å²) < 4.78 is 5.36. The molecule has 0 radical (unpaired) electrons. The highest BCUT2D eigenvalue weighted by Gasteiger charge is 2.06. The molecule has 1 N–H and O–H groups in total. The summed E-state index contributed by atoms with van der Waals surface area (Å²) in [6.45, 7) is 5.80. The minimum atomic E-state index is -0.150. The van der Waals surface area contributed by atoms with E-state index in [2.05, 4.69) is 5.32 Å². The van der Waals surface area contributed by atoms with Gasteiger partial charge < -0.3 is 10.1 Å². The normalized spacial score (nSPS) is 9.82. The molecule has 92 valence electrons. The zero-order valence-electron chi connectivity index (χ0n) is 10.4. The summed E-state index contributed by atoms with van der Waals surface area (Å²) in [6.07, 6.45) is 0. The Morgan fingerprint density at radius 1 is 1.35 bits per heavy atom. The molecule has 4 heteroatoms. The number of nitrogens with one attached hydrogen (secondary N) is 1. The van der Waals surface area contributed by atoms with Gasteiger partial charge in [0.15, 0.2) is 12.4 Å². The molecule has 0 heterocycles. The van der Waals surface area contributed by atoms with Crippen LogP contribution in [0, 0.1) is 6.92 Å². The molecule has 1 amide bonds. The molecule has 1 rings (SSSR count). The van der Waals surface area contributed by atoms with Crippen molar-refractivity contribution in [2.75, 3.05) is 13.2 Å². The number of rotatable bonds is 5. The molecule has 4 nitrogen and oxygen atoms in total. The summed E-state index contributed by atoms with van der Waals surface area (Å²) >= 11 is 0. The molecule has 0 atom stereocenters. The molecule has 0 spiro atoms. The van der Waals surface area contributed by atoms with E-state index in [1.54, 1.807) is 18.2 Å². The summed E-state index contributed by atoms with van der Waals surface area (Å²) in [7, 11) is 0. The highest BCUT2D eigenvalue weighted by atomic mass is 16.5. The second kappa shape index (κ2) is 6.03. The fourth-order valence-electron chi connectivity index (χ4n) is 1.42. The van der Waals surface area contributed by atoms with E-state index in [9.17, 15) is 9.59 Å². The van der Waals surface area contributed by atoms with Crippen molar-refractivity contribution in [3.8, 4) is 5.75 Å². The monoisotopic (exact) mass is 235 g/mol. The Morgan fingerprint density at radius 2 is 2.06 bits per heavy atom. The van der Waals surface area contributed by atoms with Crippen LogP contribution in [-0.4, -0.2) is 24.8 Å². The number of hydrogen-bond acceptors (Lipinski definition) is 3. The molecule has 0 aliphatic carbocycles. The first-order valence-electron chi connectivity index (χ1n) is 5.55. The number of carbonyl (C=O) groups is 2. The first-order chi connectivity index (χ1) is 8.04. The molecule has 0 unspecified atom stereocenters. The molecular weight excluding hydrogens is 218 g/mol. The number of aryl methyl sites for hydroxylation is 1. The molecular formula is C13H17NO3. The second-order valence-electron chi connectivity index (χ2n) is 3.78. The van der Waals surface area contributed by atoms with Gasteiger partial charge in [-0.2, -0.15) is 0 Å². The summed E-state index contributed by atoms with van der Waals surface area (Å²) in [6, 6.07) is 5.17. The molecule has 0 bridgehead atoms. The molecule has 17 heavy (non-hydrogen) atoms. The van der Waals surface area contributed by atoms with E-state index in [1.807, 2.05) is 13.8 Å². The SMILES string of the molecule is CCNC(=O)COc1ccc(C(C)=O)cc1C. The predicted molar refractivity (Wildman–Crippen MR) is 65.4 cm³/mol. The molecule has 0 saturated carbocycles. The molecule has 0 aromatic heterocycles. The molecule has 1 aromatic rings. The largest absolute Gasteiger partial charge is 0.484 e. The topological polar surface area (TPSA) is 55.4 Å². The van der Waals surface area contributed by atoms with Gasteiger partial charge in [0, 0.05) is 12.1 Å². The van der Waals surface area contributed by atoms with Crippen LogP contribution in [-0.2, 0) is 4.79 Å². The Morgan fingerprint density at radius 3 is 2.59 bits per heavy atom. The lowest BCUT2D eigenvalue weighted by atomic mass is 10.1. The number of likely N-dealkylation sites (N-methyl/N-ethyl adjacent to an activating group) is 1. The standard InChI is InChI=1S/C13H17NO3/c1-4-14-13(16)8-17-12-6-5-11(10(3)15)7-9(12)2/h5-7H,4,8H2,1-3H3,(H,14,16). The fraction of sp³-hybridized carbons (Fsp3) is 0.385. The first-order valence-corrected chi connectivity index (χ1v) is 5.55. The van der Waals surface area contributed by atoms with Crippen LogP contribution >= 0.6 is 0 Å². The second-order valence-corrected chi connectivity index (χ2v) is 3.78. The lowest BCUT2D eigenvalue weighted by Gasteiger charge is -2.09. The Kier molecular flexibility index (Phi) is 4.69. The Hall–Kier alpha value is -1.84. The maximum absolute atomic E-state index is 11.2. The van der Waals surface area contributed by atoms with Crippen molar-refractivity contribution in [1.29, 1.82) is 0 Å². The zero-order valence-corrected chi connectivity index (χ0v) is 10.4. The van der Waals surface area contributed by atoms with Gasteiger partial charge in [-0.1, -0.05) is 0 Å². The molecule has 1 aromatic carbocycles. The average Bonchev–Trinajstić information content (AvgIpc) is 2.27. The molecule has 0 fully saturated rings. The van der Waals surface area contributed by atoms with Gasteiger partial charge in [-0.25, -0.2) is 0 Å². The van der Waals surface area contributed by atoms with Gasteiger partial charge >= 0.3 is 0 Å². The van der Waals surface area contributed by atoms with Crippen LogP contribution in [0.1, 0.15) is 29.8 Å². The van der Waals surface area contributed by atoms with Gasteiger partial charge in [-0.05, 0) is 44.5 Å². The third-order valence-electron chi connectivity index (χ3n) is 2.31. The van der Waals surface area contributed by atoms with Crippen LogP contribution in [0.25, 0.3) is 0 Å². The molecule has 0 aliphatic heterocycles. The Bertz CT molecular complexity index is 427.